The van der Waals surface area contributed by atoms with Crippen LogP contribution in [0, 0.1) is 0 Å². The molecule has 1 heterocycles. The normalized spacial score (nSPS) is 14.8. The number of carbonyl (C=O) groups is 3. The van der Waals surface area contributed by atoms with Gasteiger partial charge in [-0.25, -0.2) is 4.79 Å². The van der Waals surface area contributed by atoms with E-state index in [-0.39, 0.29) is 26.1 Å². The lowest BCUT2D eigenvalue weighted by atomic mass is 10.4. The second-order valence-corrected chi connectivity index (χ2v) is 4.32. The van der Waals surface area contributed by atoms with Crippen molar-refractivity contribution in [2.45, 2.75) is 26.2 Å². The van der Waals surface area contributed by atoms with Gasteiger partial charge >= 0.3 is 5.97 Å². The second-order valence-electron chi connectivity index (χ2n) is 4.32. The van der Waals surface area contributed by atoms with Gasteiger partial charge in [-0.15, -0.1) is 5.06 Å². The van der Waals surface area contributed by atoms with Crippen LogP contribution in [0.15, 0.2) is 0 Å². The maximum absolute atomic E-state index is 11.3. The first-order valence-corrected chi connectivity index (χ1v) is 6.95. The average Bonchev–Trinajstić information content (AvgIpc) is 2.77. The Morgan fingerprint density at radius 1 is 0.952 bits per heavy atom. The minimum atomic E-state index is -0.787. The van der Waals surface area contributed by atoms with Crippen LogP contribution >= 0.6 is 0 Å². The van der Waals surface area contributed by atoms with Gasteiger partial charge in [-0.1, -0.05) is 6.92 Å². The summed E-state index contributed by atoms with van der Waals surface area (Å²) in [4.78, 5) is 38.4. The number of carbonyl (C=O) groups excluding carboxylic acids is 3. The molecule has 2 amide bonds. The average molecular weight is 303 g/mol. The molecule has 0 aromatic carbocycles. The van der Waals surface area contributed by atoms with Gasteiger partial charge in [0.25, 0.3) is 11.8 Å². The molecule has 8 heteroatoms. The number of imide groups is 1. The van der Waals surface area contributed by atoms with Gasteiger partial charge in [0.1, 0.15) is 6.61 Å². The Balaban J connectivity index is 1.96. The van der Waals surface area contributed by atoms with Crippen molar-refractivity contribution in [1.29, 1.82) is 0 Å². The van der Waals surface area contributed by atoms with Gasteiger partial charge in [-0.3, -0.25) is 9.59 Å². The molecule has 21 heavy (non-hydrogen) atoms. The Labute approximate surface area is 123 Å². The van der Waals surface area contributed by atoms with Crippen molar-refractivity contribution in [2.24, 2.45) is 0 Å². The molecule has 1 saturated heterocycles. The summed E-state index contributed by atoms with van der Waals surface area (Å²) in [5.74, 6) is -1.81. The van der Waals surface area contributed by atoms with Crippen molar-refractivity contribution in [2.75, 3.05) is 39.6 Å². The van der Waals surface area contributed by atoms with E-state index >= 15 is 0 Å². The first-order chi connectivity index (χ1) is 10.1. The first-order valence-electron chi connectivity index (χ1n) is 6.95. The molecule has 1 rings (SSSR count). The van der Waals surface area contributed by atoms with Crippen molar-refractivity contribution in [3.05, 3.63) is 0 Å². The van der Waals surface area contributed by atoms with Crippen LogP contribution in [-0.2, 0) is 33.4 Å². The molecule has 0 radical (unpaired) electrons. The highest BCUT2D eigenvalue weighted by Gasteiger charge is 2.32. The minimum Gasteiger partial charge on any atom is -0.379 e. The molecule has 0 unspecified atom stereocenters. The van der Waals surface area contributed by atoms with Crippen molar-refractivity contribution >= 4 is 17.8 Å². The molecule has 1 fully saturated rings. The molecule has 1 aliphatic heterocycles. The lowest BCUT2D eigenvalue weighted by Gasteiger charge is -2.12. The topological polar surface area (TPSA) is 91.4 Å². The third-order valence-electron chi connectivity index (χ3n) is 2.51. The Morgan fingerprint density at radius 3 is 2.05 bits per heavy atom. The van der Waals surface area contributed by atoms with Crippen molar-refractivity contribution < 1.29 is 33.4 Å². The second kappa shape index (κ2) is 10.3. The Kier molecular flexibility index (Phi) is 8.56. The summed E-state index contributed by atoms with van der Waals surface area (Å²) in [7, 11) is 0. The molecule has 0 aromatic rings. The highest BCUT2D eigenvalue weighted by molar-refractivity contribution is 6.01. The molecule has 0 spiro atoms. The van der Waals surface area contributed by atoms with Gasteiger partial charge < -0.3 is 19.0 Å². The monoisotopic (exact) mass is 303 g/mol. The molecular formula is C13H21NO7. The number of nitrogens with zero attached hydrogens (tertiary/aromatic N) is 1. The number of ether oxygens (including phenoxy) is 3. The molecule has 8 nitrogen and oxygen atoms in total. The summed E-state index contributed by atoms with van der Waals surface area (Å²) < 4.78 is 15.4. The largest absolute Gasteiger partial charge is 0.379 e. The lowest BCUT2D eigenvalue weighted by molar-refractivity contribution is -0.200. The zero-order valence-corrected chi connectivity index (χ0v) is 12.2. The number of amides is 2. The van der Waals surface area contributed by atoms with E-state index in [1.807, 2.05) is 6.92 Å². The van der Waals surface area contributed by atoms with Gasteiger partial charge in [0.15, 0.2) is 0 Å². The SMILES string of the molecule is CCCOCCOCCOCC(=O)ON1C(=O)CCC1=O. The van der Waals surface area contributed by atoms with Gasteiger partial charge in [-0.05, 0) is 6.42 Å². The van der Waals surface area contributed by atoms with E-state index < -0.39 is 17.8 Å². The fourth-order valence-electron chi connectivity index (χ4n) is 1.53. The van der Waals surface area contributed by atoms with Crippen LogP contribution in [0.3, 0.4) is 0 Å². The number of hydrogen-bond donors (Lipinski definition) is 0. The Morgan fingerprint density at radius 2 is 1.48 bits per heavy atom. The van der Waals surface area contributed by atoms with Crippen molar-refractivity contribution in [3.63, 3.8) is 0 Å². The van der Waals surface area contributed by atoms with E-state index in [4.69, 9.17) is 14.2 Å². The predicted molar refractivity (Wildman–Crippen MR) is 69.9 cm³/mol. The van der Waals surface area contributed by atoms with Gasteiger partial charge in [0.05, 0.1) is 26.4 Å². The van der Waals surface area contributed by atoms with Crippen LogP contribution in [0.2, 0.25) is 0 Å². The third kappa shape index (κ3) is 7.16. The fraction of sp³-hybridized carbons (Fsp3) is 0.769. The molecule has 0 bridgehead atoms. The molecule has 0 N–H and O–H groups in total. The maximum atomic E-state index is 11.3. The summed E-state index contributed by atoms with van der Waals surface area (Å²) in [6, 6.07) is 0. The summed E-state index contributed by atoms with van der Waals surface area (Å²) in [6.45, 7) is 3.91. The molecular weight excluding hydrogens is 282 g/mol. The van der Waals surface area contributed by atoms with Gasteiger partial charge in [-0.2, -0.15) is 0 Å². The molecule has 0 aliphatic carbocycles. The molecule has 0 aromatic heterocycles. The van der Waals surface area contributed by atoms with E-state index in [2.05, 4.69) is 4.84 Å². The van der Waals surface area contributed by atoms with Gasteiger partial charge in [0.2, 0.25) is 0 Å². The van der Waals surface area contributed by atoms with Crippen LogP contribution in [0.1, 0.15) is 26.2 Å². The molecule has 0 saturated carbocycles. The smallest absolute Gasteiger partial charge is 0.358 e. The van der Waals surface area contributed by atoms with E-state index in [9.17, 15) is 14.4 Å². The molecule has 1 aliphatic rings. The Hall–Kier alpha value is -1.51. The van der Waals surface area contributed by atoms with E-state index in [0.29, 0.717) is 31.5 Å². The van der Waals surface area contributed by atoms with E-state index in [0.717, 1.165) is 6.42 Å². The van der Waals surface area contributed by atoms with Crippen molar-refractivity contribution in [1.82, 2.24) is 5.06 Å². The van der Waals surface area contributed by atoms with Crippen LogP contribution in [0.25, 0.3) is 0 Å². The third-order valence-corrected chi connectivity index (χ3v) is 2.51. The summed E-state index contributed by atoms with van der Waals surface area (Å²) in [5, 5.41) is 0.493. The van der Waals surface area contributed by atoms with Crippen LogP contribution < -0.4 is 0 Å². The minimum absolute atomic E-state index is 0.0703. The summed E-state index contributed by atoms with van der Waals surface area (Å²) in [6.07, 6.45) is 1.11. The molecule has 120 valence electrons. The standard InChI is InChI=1S/C13H21NO7/c1-2-5-18-6-7-19-8-9-20-10-13(17)21-14-11(15)3-4-12(14)16/h2-10H2,1H3. The van der Waals surface area contributed by atoms with Crippen LogP contribution in [0.4, 0.5) is 0 Å². The lowest BCUT2D eigenvalue weighted by Crippen LogP contribution is -2.33. The number of hydroxylamine groups is 2. The zero-order chi connectivity index (χ0) is 15.5. The quantitative estimate of drug-likeness (QED) is 0.393. The number of hydrogen-bond acceptors (Lipinski definition) is 7. The summed E-state index contributed by atoms with van der Waals surface area (Å²) in [5.41, 5.74) is 0. The molecule has 0 atom stereocenters. The van der Waals surface area contributed by atoms with Gasteiger partial charge in [0, 0.05) is 19.4 Å². The number of rotatable bonds is 11. The maximum Gasteiger partial charge on any atom is 0.358 e. The zero-order valence-electron chi connectivity index (χ0n) is 12.2. The summed E-state index contributed by atoms with van der Waals surface area (Å²) >= 11 is 0. The highest BCUT2D eigenvalue weighted by atomic mass is 16.7. The van der Waals surface area contributed by atoms with E-state index in [1.165, 1.54) is 0 Å². The van der Waals surface area contributed by atoms with Crippen molar-refractivity contribution in [3.8, 4) is 0 Å². The van der Waals surface area contributed by atoms with Crippen LogP contribution in [0.5, 0.6) is 0 Å². The Bertz CT molecular complexity index is 342. The first kappa shape index (κ1) is 17.5. The fourth-order valence-corrected chi connectivity index (χ4v) is 1.53. The van der Waals surface area contributed by atoms with E-state index in [1.54, 1.807) is 0 Å². The predicted octanol–water partition coefficient (Wildman–Crippen LogP) is 0.0534. The highest BCUT2D eigenvalue weighted by Crippen LogP contribution is 2.11. The van der Waals surface area contributed by atoms with Crippen LogP contribution in [-0.4, -0.2) is 62.5 Å².